The summed E-state index contributed by atoms with van der Waals surface area (Å²) in [5.74, 6) is 0.786. The van der Waals surface area contributed by atoms with E-state index in [9.17, 15) is 0 Å². The van der Waals surface area contributed by atoms with Crippen molar-refractivity contribution < 1.29 is 4.74 Å². The highest BCUT2D eigenvalue weighted by molar-refractivity contribution is 4.97. The van der Waals surface area contributed by atoms with Crippen LogP contribution in [-0.2, 0) is 4.74 Å². The Morgan fingerprint density at radius 3 is 2.47 bits per heavy atom. The van der Waals surface area contributed by atoms with Crippen LogP contribution in [0.3, 0.4) is 0 Å². The van der Waals surface area contributed by atoms with Crippen LogP contribution in [0.1, 0.15) is 33.6 Å². The number of likely N-dealkylation sites (tertiary alicyclic amines) is 1. The third-order valence-electron chi connectivity index (χ3n) is 3.84. The van der Waals surface area contributed by atoms with E-state index in [1.807, 2.05) is 0 Å². The predicted octanol–water partition coefficient (Wildman–Crippen LogP) is 1.47. The number of methoxy groups -OCH3 is 1. The van der Waals surface area contributed by atoms with Gasteiger partial charge in [-0.25, -0.2) is 0 Å². The fourth-order valence-electron chi connectivity index (χ4n) is 2.94. The molecule has 3 nitrogen and oxygen atoms in total. The van der Waals surface area contributed by atoms with Gasteiger partial charge in [0.25, 0.3) is 0 Å². The zero-order valence-corrected chi connectivity index (χ0v) is 10.6. The van der Waals surface area contributed by atoms with Crippen LogP contribution in [0.2, 0.25) is 0 Å². The van der Waals surface area contributed by atoms with E-state index in [0.29, 0.717) is 12.6 Å². The number of ether oxygens (including phenoxy) is 1. The summed E-state index contributed by atoms with van der Waals surface area (Å²) in [4.78, 5) is 2.56. The molecule has 1 aliphatic heterocycles. The van der Waals surface area contributed by atoms with E-state index < -0.39 is 0 Å². The summed E-state index contributed by atoms with van der Waals surface area (Å²) in [7, 11) is 1.77. The molecule has 3 heteroatoms. The highest BCUT2D eigenvalue weighted by Gasteiger charge is 2.41. The SMILES string of the molecule is CCC(CN)(COC)N1CC(C)CC1C. The van der Waals surface area contributed by atoms with Crippen LogP contribution in [0, 0.1) is 5.92 Å². The number of hydrogen-bond donors (Lipinski definition) is 1. The first-order chi connectivity index (χ1) is 7.09. The summed E-state index contributed by atoms with van der Waals surface area (Å²) in [6, 6.07) is 0.638. The van der Waals surface area contributed by atoms with Crippen molar-refractivity contribution in [3.05, 3.63) is 0 Å². The van der Waals surface area contributed by atoms with Gasteiger partial charge in [0.1, 0.15) is 0 Å². The molecule has 1 aliphatic rings. The molecule has 0 spiro atoms. The second-order valence-corrected chi connectivity index (χ2v) is 5.06. The van der Waals surface area contributed by atoms with Crippen molar-refractivity contribution in [1.29, 1.82) is 0 Å². The largest absolute Gasteiger partial charge is 0.383 e. The monoisotopic (exact) mass is 214 g/mol. The highest BCUT2D eigenvalue weighted by Crippen LogP contribution is 2.31. The molecule has 3 atom stereocenters. The molecule has 3 unspecified atom stereocenters. The van der Waals surface area contributed by atoms with Crippen molar-refractivity contribution in [3.8, 4) is 0 Å². The van der Waals surface area contributed by atoms with Gasteiger partial charge in [0.15, 0.2) is 0 Å². The van der Waals surface area contributed by atoms with Crippen LogP contribution in [0.5, 0.6) is 0 Å². The number of nitrogens with zero attached hydrogens (tertiary/aromatic N) is 1. The highest BCUT2D eigenvalue weighted by atomic mass is 16.5. The molecule has 0 aliphatic carbocycles. The van der Waals surface area contributed by atoms with Gasteiger partial charge in [-0.15, -0.1) is 0 Å². The molecule has 1 heterocycles. The fourth-order valence-corrected chi connectivity index (χ4v) is 2.94. The van der Waals surface area contributed by atoms with Crippen LogP contribution >= 0.6 is 0 Å². The van der Waals surface area contributed by atoms with E-state index in [1.165, 1.54) is 6.42 Å². The van der Waals surface area contributed by atoms with Crippen LogP contribution in [0.25, 0.3) is 0 Å². The van der Waals surface area contributed by atoms with Crippen LogP contribution < -0.4 is 5.73 Å². The zero-order chi connectivity index (χ0) is 11.5. The van der Waals surface area contributed by atoms with E-state index >= 15 is 0 Å². The molecule has 90 valence electrons. The minimum absolute atomic E-state index is 0.0545. The van der Waals surface area contributed by atoms with Crippen molar-refractivity contribution in [2.75, 3.05) is 26.8 Å². The summed E-state index contributed by atoms with van der Waals surface area (Å²) in [6.45, 7) is 9.43. The summed E-state index contributed by atoms with van der Waals surface area (Å²) < 4.78 is 5.36. The topological polar surface area (TPSA) is 38.5 Å². The molecule has 15 heavy (non-hydrogen) atoms. The molecule has 0 bridgehead atoms. The number of hydrogen-bond acceptors (Lipinski definition) is 3. The van der Waals surface area contributed by atoms with Gasteiger partial charge in [-0.3, -0.25) is 4.90 Å². The van der Waals surface area contributed by atoms with E-state index in [0.717, 1.165) is 25.5 Å². The molecule has 0 aromatic carbocycles. The Morgan fingerprint density at radius 2 is 2.13 bits per heavy atom. The lowest BCUT2D eigenvalue weighted by atomic mass is 9.94. The second-order valence-electron chi connectivity index (χ2n) is 5.06. The Hall–Kier alpha value is -0.120. The Labute approximate surface area is 94.0 Å². The van der Waals surface area contributed by atoms with E-state index in [1.54, 1.807) is 7.11 Å². The van der Waals surface area contributed by atoms with E-state index in [2.05, 4.69) is 25.7 Å². The average Bonchev–Trinajstić information content (AvgIpc) is 2.55. The van der Waals surface area contributed by atoms with Crippen molar-refractivity contribution in [2.24, 2.45) is 11.7 Å². The fraction of sp³-hybridized carbons (Fsp3) is 1.00. The van der Waals surface area contributed by atoms with Crippen LogP contribution in [0.4, 0.5) is 0 Å². The van der Waals surface area contributed by atoms with E-state index in [-0.39, 0.29) is 5.54 Å². The van der Waals surface area contributed by atoms with Gasteiger partial charge in [0, 0.05) is 26.2 Å². The first kappa shape index (κ1) is 12.9. The van der Waals surface area contributed by atoms with Crippen molar-refractivity contribution in [2.45, 2.75) is 45.2 Å². The minimum Gasteiger partial charge on any atom is -0.383 e. The molecular weight excluding hydrogens is 188 g/mol. The van der Waals surface area contributed by atoms with Crippen LogP contribution in [0.15, 0.2) is 0 Å². The summed E-state index contributed by atoms with van der Waals surface area (Å²) >= 11 is 0. The number of nitrogens with two attached hydrogens (primary N) is 1. The van der Waals surface area contributed by atoms with Gasteiger partial charge in [-0.2, -0.15) is 0 Å². The maximum atomic E-state index is 5.97. The maximum absolute atomic E-state index is 5.97. The Balaban J connectivity index is 2.78. The third-order valence-corrected chi connectivity index (χ3v) is 3.84. The van der Waals surface area contributed by atoms with Gasteiger partial charge in [0.2, 0.25) is 0 Å². The first-order valence-corrected chi connectivity index (χ1v) is 6.05. The summed E-state index contributed by atoms with van der Waals surface area (Å²) in [5.41, 5.74) is 6.02. The second kappa shape index (κ2) is 5.28. The van der Waals surface area contributed by atoms with Gasteiger partial charge in [0.05, 0.1) is 12.1 Å². The van der Waals surface area contributed by atoms with Crippen molar-refractivity contribution in [3.63, 3.8) is 0 Å². The Bertz CT molecular complexity index is 192. The molecule has 0 saturated carbocycles. The van der Waals surface area contributed by atoms with Gasteiger partial charge in [-0.05, 0) is 25.7 Å². The molecule has 0 aromatic rings. The molecule has 0 amide bonds. The molecular formula is C12H26N2O. The molecule has 0 aromatic heterocycles. The normalized spacial score (nSPS) is 31.8. The Morgan fingerprint density at radius 1 is 1.47 bits per heavy atom. The molecule has 0 radical (unpaired) electrons. The molecule has 1 rings (SSSR count). The van der Waals surface area contributed by atoms with Crippen molar-refractivity contribution >= 4 is 0 Å². The van der Waals surface area contributed by atoms with Crippen molar-refractivity contribution in [1.82, 2.24) is 4.90 Å². The third kappa shape index (κ3) is 2.52. The molecule has 1 fully saturated rings. The summed E-state index contributed by atoms with van der Waals surface area (Å²) in [6.07, 6.45) is 2.35. The number of rotatable bonds is 5. The van der Waals surface area contributed by atoms with Gasteiger partial charge >= 0.3 is 0 Å². The quantitative estimate of drug-likeness (QED) is 0.753. The maximum Gasteiger partial charge on any atom is 0.0659 e. The van der Waals surface area contributed by atoms with Gasteiger partial charge < -0.3 is 10.5 Å². The molecule has 2 N–H and O–H groups in total. The lowest BCUT2D eigenvalue weighted by molar-refractivity contribution is 0.00623. The molecule has 1 saturated heterocycles. The average molecular weight is 214 g/mol. The first-order valence-electron chi connectivity index (χ1n) is 6.05. The standard InChI is InChI=1S/C12H26N2O/c1-5-12(8-13,9-15-4)14-7-10(2)6-11(14)3/h10-11H,5-9,13H2,1-4H3. The zero-order valence-electron chi connectivity index (χ0n) is 10.6. The smallest absolute Gasteiger partial charge is 0.0659 e. The Kier molecular flexibility index (Phi) is 4.56. The predicted molar refractivity (Wildman–Crippen MR) is 63.9 cm³/mol. The van der Waals surface area contributed by atoms with Gasteiger partial charge in [-0.1, -0.05) is 13.8 Å². The lowest BCUT2D eigenvalue weighted by Gasteiger charge is -2.42. The lowest BCUT2D eigenvalue weighted by Crippen LogP contribution is -2.57. The summed E-state index contributed by atoms with van der Waals surface area (Å²) in [5, 5.41) is 0. The van der Waals surface area contributed by atoms with Crippen LogP contribution in [-0.4, -0.2) is 43.3 Å². The minimum atomic E-state index is 0.0545. The van der Waals surface area contributed by atoms with E-state index in [4.69, 9.17) is 10.5 Å².